The minimum absolute atomic E-state index is 0.386. The van der Waals surface area contributed by atoms with Gasteiger partial charge < -0.3 is 4.42 Å². The second-order valence-electron chi connectivity index (χ2n) is 10.6. The zero-order valence-electron chi connectivity index (χ0n) is 22.4. The molecule has 8 aromatic rings. The molecule has 0 amide bonds. The first-order valence-electron chi connectivity index (χ1n) is 14.0. The predicted octanol–water partition coefficient (Wildman–Crippen LogP) is 8.93. The second kappa shape index (κ2) is 8.91. The van der Waals surface area contributed by atoms with Crippen molar-refractivity contribution in [2.45, 2.75) is 6.04 Å². The molecule has 1 aliphatic heterocycles. The Kier molecular flexibility index (Phi) is 4.90. The zero-order valence-corrected chi connectivity index (χ0v) is 22.4. The van der Waals surface area contributed by atoms with Crippen LogP contribution >= 0.6 is 0 Å². The summed E-state index contributed by atoms with van der Waals surface area (Å²) in [6.07, 6.45) is 1.79. The van der Waals surface area contributed by atoms with E-state index in [0.29, 0.717) is 17.5 Å². The molecule has 5 nitrogen and oxygen atoms in total. The maximum Gasteiger partial charge on any atom is 0.164 e. The van der Waals surface area contributed by atoms with Crippen molar-refractivity contribution in [2.75, 3.05) is 0 Å². The van der Waals surface area contributed by atoms with E-state index < -0.39 is 0 Å². The molecule has 196 valence electrons. The third kappa shape index (κ3) is 3.44. The molecule has 0 saturated heterocycles. The molecule has 0 fully saturated rings. The Morgan fingerprint density at radius 3 is 2.19 bits per heavy atom. The maximum atomic E-state index is 6.11. The smallest absolute Gasteiger partial charge is 0.164 e. The van der Waals surface area contributed by atoms with Crippen LogP contribution in [0.15, 0.2) is 131 Å². The molecule has 0 N–H and O–H groups in total. The Labute approximate surface area is 240 Å². The minimum Gasteiger partial charge on any atom is -0.455 e. The summed E-state index contributed by atoms with van der Waals surface area (Å²) in [5, 5.41) is 8.13. The summed E-state index contributed by atoms with van der Waals surface area (Å²) in [6.45, 7) is 0. The summed E-state index contributed by atoms with van der Waals surface area (Å²) < 4.78 is 6.11. The standard InChI is InChI=1S/C37H22N4O/c1-2-10-24(11-3-1)35-39-36(41-37(40-35)34-33-28-14-6-7-16-30(28)42-31(33)21-38-34)29-15-8-12-23-18-19-26-25-13-5-4-9-22(25)17-20-27(26)32(23)29/h1-21,34H. The number of rotatable bonds is 3. The van der Waals surface area contributed by atoms with E-state index in [1.165, 1.54) is 21.5 Å². The highest BCUT2D eigenvalue weighted by atomic mass is 16.3. The van der Waals surface area contributed by atoms with Crippen molar-refractivity contribution in [1.82, 2.24) is 15.0 Å². The van der Waals surface area contributed by atoms with Crippen molar-refractivity contribution >= 4 is 49.5 Å². The molecule has 42 heavy (non-hydrogen) atoms. The van der Waals surface area contributed by atoms with Crippen LogP contribution < -0.4 is 0 Å². The molecule has 1 atom stereocenters. The Bertz CT molecular complexity index is 2370. The SMILES string of the molecule is C1=NC(c2nc(-c3ccccc3)nc(-c3cccc4ccc5c6ccccc6ccc5c34)n2)c2c1oc1ccccc21. The Morgan fingerprint density at radius 2 is 1.26 bits per heavy atom. The fourth-order valence-corrected chi connectivity index (χ4v) is 6.29. The Morgan fingerprint density at radius 1 is 0.524 bits per heavy atom. The second-order valence-corrected chi connectivity index (χ2v) is 10.6. The number of fused-ring (bicyclic) bond motifs is 8. The summed E-state index contributed by atoms with van der Waals surface area (Å²) in [4.78, 5) is 20.0. The highest BCUT2D eigenvalue weighted by Gasteiger charge is 2.30. The molecule has 0 aliphatic carbocycles. The quantitative estimate of drug-likeness (QED) is 0.211. The van der Waals surface area contributed by atoms with Crippen LogP contribution in [-0.2, 0) is 0 Å². The van der Waals surface area contributed by atoms with Gasteiger partial charge in [0.1, 0.15) is 11.6 Å². The molecule has 2 aromatic heterocycles. The van der Waals surface area contributed by atoms with Gasteiger partial charge in [0.25, 0.3) is 0 Å². The van der Waals surface area contributed by atoms with Crippen LogP contribution in [0.2, 0.25) is 0 Å². The molecule has 3 heterocycles. The molecule has 5 heteroatoms. The summed E-state index contributed by atoms with van der Waals surface area (Å²) in [5.74, 6) is 2.60. The van der Waals surface area contributed by atoms with Crippen LogP contribution in [0, 0.1) is 0 Å². The van der Waals surface area contributed by atoms with E-state index in [2.05, 4.69) is 72.8 Å². The topological polar surface area (TPSA) is 64.2 Å². The van der Waals surface area contributed by atoms with Crippen LogP contribution in [-0.4, -0.2) is 21.2 Å². The molecule has 0 radical (unpaired) electrons. The lowest BCUT2D eigenvalue weighted by Crippen LogP contribution is -2.07. The van der Waals surface area contributed by atoms with Gasteiger partial charge in [-0.1, -0.05) is 115 Å². The molecule has 1 aliphatic rings. The van der Waals surface area contributed by atoms with E-state index in [4.69, 9.17) is 24.4 Å². The number of aromatic nitrogens is 3. The number of aliphatic imine (C=N–C) groups is 1. The lowest BCUT2D eigenvalue weighted by molar-refractivity contribution is 0.604. The number of furan rings is 1. The first-order valence-corrected chi connectivity index (χ1v) is 14.0. The number of hydrogen-bond donors (Lipinski definition) is 0. The van der Waals surface area contributed by atoms with Crippen molar-refractivity contribution < 1.29 is 4.42 Å². The van der Waals surface area contributed by atoms with Crippen molar-refractivity contribution in [1.29, 1.82) is 0 Å². The van der Waals surface area contributed by atoms with Gasteiger partial charge in [0, 0.05) is 27.5 Å². The van der Waals surface area contributed by atoms with Gasteiger partial charge in [-0.3, -0.25) is 4.99 Å². The fraction of sp³-hybridized carbons (Fsp3) is 0.0270. The van der Waals surface area contributed by atoms with Gasteiger partial charge in [-0.15, -0.1) is 0 Å². The lowest BCUT2D eigenvalue weighted by Gasteiger charge is -2.14. The number of para-hydroxylation sites is 1. The van der Waals surface area contributed by atoms with Crippen molar-refractivity contribution in [2.24, 2.45) is 4.99 Å². The van der Waals surface area contributed by atoms with Crippen LogP contribution in [0.5, 0.6) is 0 Å². The average Bonchev–Trinajstić information content (AvgIpc) is 3.64. The van der Waals surface area contributed by atoms with Gasteiger partial charge in [0.2, 0.25) is 0 Å². The van der Waals surface area contributed by atoms with Gasteiger partial charge in [0.05, 0.1) is 6.21 Å². The van der Waals surface area contributed by atoms with E-state index in [0.717, 1.165) is 44.2 Å². The van der Waals surface area contributed by atoms with E-state index >= 15 is 0 Å². The van der Waals surface area contributed by atoms with Crippen LogP contribution in [0.4, 0.5) is 0 Å². The van der Waals surface area contributed by atoms with Crippen molar-refractivity contribution in [3.63, 3.8) is 0 Å². The van der Waals surface area contributed by atoms with Gasteiger partial charge in [0.15, 0.2) is 23.2 Å². The Balaban J connectivity index is 1.32. The van der Waals surface area contributed by atoms with E-state index in [-0.39, 0.29) is 6.04 Å². The number of nitrogens with zero attached hydrogens (tertiary/aromatic N) is 4. The van der Waals surface area contributed by atoms with Gasteiger partial charge in [-0.25, -0.2) is 15.0 Å². The first kappa shape index (κ1) is 23.1. The molecule has 0 spiro atoms. The summed E-state index contributed by atoms with van der Waals surface area (Å²) in [7, 11) is 0. The van der Waals surface area contributed by atoms with Gasteiger partial charge in [-0.2, -0.15) is 0 Å². The summed E-state index contributed by atoms with van der Waals surface area (Å²) >= 11 is 0. The fourth-order valence-electron chi connectivity index (χ4n) is 6.29. The third-order valence-electron chi connectivity index (χ3n) is 8.21. The van der Waals surface area contributed by atoms with Gasteiger partial charge in [-0.05, 0) is 33.0 Å². The molecule has 1 unspecified atom stereocenters. The van der Waals surface area contributed by atoms with Crippen molar-refractivity contribution in [3.8, 4) is 22.8 Å². The number of benzene rings is 6. The highest BCUT2D eigenvalue weighted by molar-refractivity contribution is 6.20. The van der Waals surface area contributed by atoms with Crippen molar-refractivity contribution in [3.05, 3.63) is 138 Å². The predicted molar refractivity (Wildman–Crippen MR) is 169 cm³/mol. The molecular formula is C37H22N4O. The summed E-state index contributed by atoms with van der Waals surface area (Å²) in [5.41, 5.74) is 3.73. The Hall–Kier alpha value is -5.68. The minimum atomic E-state index is -0.386. The van der Waals surface area contributed by atoms with Crippen LogP contribution in [0.25, 0.3) is 66.1 Å². The average molecular weight is 539 g/mol. The van der Waals surface area contributed by atoms with Crippen LogP contribution in [0.3, 0.4) is 0 Å². The zero-order chi connectivity index (χ0) is 27.6. The van der Waals surface area contributed by atoms with E-state index in [9.17, 15) is 0 Å². The molecule has 0 bridgehead atoms. The van der Waals surface area contributed by atoms with E-state index in [1.54, 1.807) is 6.21 Å². The van der Waals surface area contributed by atoms with E-state index in [1.807, 2.05) is 48.5 Å². The maximum absolute atomic E-state index is 6.11. The first-order chi connectivity index (χ1) is 20.8. The molecular weight excluding hydrogens is 516 g/mol. The van der Waals surface area contributed by atoms with Gasteiger partial charge >= 0.3 is 0 Å². The third-order valence-corrected chi connectivity index (χ3v) is 8.21. The largest absolute Gasteiger partial charge is 0.455 e. The summed E-state index contributed by atoms with van der Waals surface area (Å²) in [6, 6.07) is 41.4. The lowest BCUT2D eigenvalue weighted by atomic mass is 9.94. The van der Waals surface area contributed by atoms with Crippen LogP contribution in [0.1, 0.15) is 23.2 Å². The number of hydrogen-bond acceptors (Lipinski definition) is 5. The highest BCUT2D eigenvalue weighted by Crippen LogP contribution is 2.41. The molecule has 9 rings (SSSR count). The molecule has 6 aromatic carbocycles. The monoisotopic (exact) mass is 538 g/mol. The molecule has 0 saturated carbocycles. The normalized spacial score (nSPS) is 14.3.